The van der Waals surface area contributed by atoms with Gasteiger partial charge in [0.1, 0.15) is 5.82 Å². The van der Waals surface area contributed by atoms with Gasteiger partial charge in [-0.25, -0.2) is 4.98 Å². The highest BCUT2D eigenvalue weighted by Crippen LogP contribution is 2.29. The Hall–Kier alpha value is -4.50. The zero-order valence-electron chi connectivity index (χ0n) is 20.4. The van der Waals surface area contributed by atoms with Gasteiger partial charge in [-0.05, 0) is 48.4 Å². The van der Waals surface area contributed by atoms with Crippen molar-refractivity contribution < 1.29 is 14.3 Å². The number of carbonyl (C=O) groups excluding carboxylic acids is 2. The third-order valence-electron chi connectivity index (χ3n) is 6.28. The van der Waals surface area contributed by atoms with E-state index in [0.717, 1.165) is 46.6 Å². The summed E-state index contributed by atoms with van der Waals surface area (Å²) < 4.78 is 5.50. The summed E-state index contributed by atoms with van der Waals surface area (Å²) in [6, 6.07) is 17.1. The largest absolute Gasteiger partial charge is 0.378 e. The van der Waals surface area contributed by atoms with Gasteiger partial charge in [0.15, 0.2) is 0 Å². The number of rotatable bonds is 8. The second-order valence-corrected chi connectivity index (χ2v) is 8.73. The summed E-state index contributed by atoms with van der Waals surface area (Å²) in [4.78, 5) is 31.7. The number of amides is 2. The highest BCUT2D eigenvalue weighted by Gasteiger charge is 2.18. The molecule has 0 unspecified atom stereocenters. The van der Waals surface area contributed by atoms with Crippen molar-refractivity contribution in [1.82, 2.24) is 20.5 Å². The first-order valence-corrected chi connectivity index (χ1v) is 12.2. The lowest BCUT2D eigenvalue weighted by Gasteiger charge is -2.28. The molecular weight excluding hydrogens is 468 g/mol. The maximum absolute atomic E-state index is 13.2. The van der Waals surface area contributed by atoms with Crippen LogP contribution in [-0.4, -0.2) is 59.8 Å². The molecule has 1 saturated heterocycles. The van der Waals surface area contributed by atoms with Crippen LogP contribution in [0.5, 0.6) is 0 Å². The quantitative estimate of drug-likeness (QED) is 0.322. The highest BCUT2D eigenvalue weighted by molar-refractivity contribution is 5.99. The zero-order chi connectivity index (χ0) is 25.6. The minimum atomic E-state index is -0.253. The van der Waals surface area contributed by atoms with E-state index in [2.05, 4.69) is 32.3 Å². The van der Waals surface area contributed by atoms with Gasteiger partial charge in [0.2, 0.25) is 5.91 Å². The molecule has 1 aliphatic rings. The van der Waals surface area contributed by atoms with Crippen molar-refractivity contribution in [3.63, 3.8) is 0 Å². The Bertz CT molecular complexity index is 1420. The topological polar surface area (TPSA) is 112 Å². The lowest BCUT2D eigenvalue weighted by Crippen LogP contribution is -2.37. The number of ether oxygens (including phenoxy) is 1. The molecule has 2 aromatic heterocycles. The third-order valence-corrected chi connectivity index (χ3v) is 6.28. The molecule has 0 aliphatic carbocycles. The van der Waals surface area contributed by atoms with E-state index in [0.29, 0.717) is 37.4 Å². The molecule has 0 bridgehead atoms. The molecule has 0 saturated carbocycles. The molecule has 2 amide bonds. The van der Waals surface area contributed by atoms with Crippen LogP contribution in [0.2, 0.25) is 0 Å². The average Bonchev–Trinajstić information content (AvgIpc) is 3.43. The number of nitrogens with zero attached hydrogens (tertiary/aromatic N) is 3. The third kappa shape index (κ3) is 5.68. The van der Waals surface area contributed by atoms with Gasteiger partial charge in [-0.1, -0.05) is 30.8 Å². The van der Waals surface area contributed by atoms with Gasteiger partial charge in [0.25, 0.3) is 5.91 Å². The average molecular weight is 497 g/mol. The molecule has 5 rings (SSSR count). The molecule has 9 heteroatoms. The van der Waals surface area contributed by atoms with Crippen molar-refractivity contribution in [3.8, 4) is 11.3 Å². The molecule has 0 radical (unpaired) electrons. The summed E-state index contributed by atoms with van der Waals surface area (Å²) in [5, 5.41) is 13.9. The SMILES string of the molecule is C=CC(=O)Nc1ccc(CCNC(=O)c2cc(-c3cccc4[nH]ncc34)nc(N3CCOCC3)c2)cc1. The molecule has 37 heavy (non-hydrogen) atoms. The van der Waals surface area contributed by atoms with Gasteiger partial charge in [0, 0.05) is 41.8 Å². The van der Waals surface area contributed by atoms with Gasteiger partial charge >= 0.3 is 0 Å². The number of nitrogens with one attached hydrogen (secondary N) is 3. The molecule has 3 N–H and O–H groups in total. The number of aromatic amines is 1. The molecule has 1 aliphatic heterocycles. The first-order chi connectivity index (χ1) is 18.1. The minimum Gasteiger partial charge on any atom is -0.378 e. The van der Waals surface area contributed by atoms with E-state index in [1.165, 1.54) is 6.08 Å². The van der Waals surface area contributed by atoms with Crippen LogP contribution < -0.4 is 15.5 Å². The van der Waals surface area contributed by atoms with Crippen LogP contribution in [0.3, 0.4) is 0 Å². The van der Waals surface area contributed by atoms with Crippen molar-refractivity contribution in [2.45, 2.75) is 6.42 Å². The molecule has 3 heterocycles. The van der Waals surface area contributed by atoms with Gasteiger partial charge in [0.05, 0.1) is 30.6 Å². The van der Waals surface area contributed by atoms with Crippen LogP contribution in [0.15, 0.2) is 73.4 Å². The summed E-state index contributed by atoms with van der Waals surface area (Å²) in [7, 11) is 0. The minimum absolute atomic E-state index is 0.160. The number of anilines is 2. The standard InChI is InChI=1S/C28H28N6O3/c1-2-27(35)31-21-8-6-19(7-9-21)10-11-29-28(36)20-16-25(22-4-3-5-24-23(22)18-30-33-24)32-26(17-20)34-12-14-37-15-13-34/h2-9,16-18H,1,10-15H2,(H,29,36)(H,30,33)(H,31,35). The van der Waals surface area contributed by atoms with E-state index in [1.807, 2.05) is 54.6 Å². The molecule has 2 aromatic carbocycles. The summed E-state index contributed by atoms with van der Waals surface area (Å²) in [5.74, 6) is 0.341. The second-order valence-electron chi connectivity index (χ2n) is 8.73. The fraction of sp³-hybridized carbons (Fsp3) is 0.214. The Labute approximate surface area is 214 Å². The van der Waals surface area contributed by atoms with E-state index in [9.17, 15) is 9.59 Å². The predicted molar refractivity (Wildman–Crippen MR) is 144 cm³/mol. The highest BCUT2D eigenvalue weighted by atomic mass is 16.5. The number of H-pyrrole nitrogens is 1. The fourth-order valence-corrected chi connectivity index (χ4v) is 4.30. The van der Waals surface area contributed by atoms with E-state index in [-0.39, 0.29) is 11.8 Å². The molecule has 4 aromatic rings. The predicted octanol–water partition coefficient (Wildman–Crippen LogP) is 3.56. The molecule has 188 valence electrons. The van der Waals surface area contributed by atoms with Crippen LogP contribution in [-0.2, 0) is 16.0 Å². The van der Waals surface area contributed by atoms with Crippen molar-refractivity contribution in [2.24, 2.45) is 0 Å². The summed E-state index contributed by atoms with van der Waals surface area (Å²) in [6.45, 7) is 6.61. The van der Waals surface area contributed by atoms with Crippen molar-refractivity contribution in [2.75, 3.05) is 43.1 Å². The number of benzene rings is 2. The molecule has 9 nitrogen and oxygen atoms in total. The van der Waals surface area contributed by atoms with Gasteiger partial charge < -0.3 is 20.3 Å². The first kappa shape index (κ1) is 24.2. The van der Waals surface area contributed by atoms with Crippen LogP contribution in [0.25, 0.3) is 22.2 Å². The van der Waals surface area contributed by atoms with Gasteiger partial charge in [-0.15, -0.1) is 0 Å². The van der Waals surface area contributed by atoms with E-state index < -0.39 is 0 Å². The van der Waals surface area contributed by atoms with E-state index in [4.69, 9.17) is 9.72 Å². The van der Waals surface area contributed by atoms with Crippen LogP contribution in [0, 0.1) is 0 Å². The second kappa shape index (κ2) is 11.0. The van der Waals surface area contributed by atoms with Crippen LogP contribution in [0.1, 0.15) is 15.9 Å². The maximum atomic E-state index is 13.2. The lowest BCUT2D eigenvalue weighted by molar-refractivity contribution is -0.111. The number of hydrogen-bond acceptors (Lipinski definition) is 6. The van der Waals surface area contributed by atoms with Crippen molar-refractivity contribution in [3.05, 3.63) is 84.6 Å². The molecule has 1 fully saturated rings. The number of hydrogen-bond donors (Lipinski definition) is 3. The van der Waals surface area contributed by atoms with Gasteiger partial charge in [-0.2, -0.15) is 5.10 Å². The van der Waals surface area contributed by atoms with Gasteiger partial charge in [-0.3, -0.25) is 14.7 Å². The molecule has 0 atom stereocenters. The maximum Gasteiger partial charge on any atom is 0.251 e. The van der Waals surface area contributed by atoms with E-state index >= 15 is 0 Å². The van der Waals surface area contributed by atoms with Crippen molar-refractivity contribution >= 4 is 34.2 Å². The first-order valence-electron chi connectivity index (χ1n) is 12.2. The smallest absolute Gasteiger partial charge is 0.251 e. The van der Waals surface area contributed by atoms with Crippen LogP contribution in [0.4, 0.5) is 11.5 Å². The zero-order valence-corrected chi connectivity index (χ0v) is 20.4. The monoisotopic (exact) mass is 496 g/mol. The molecule has 0 spiro atoms. The Morgan fingerprint density at radius 2 is 1.92 bits per heavy atom. The van der Waals surface area contributed by atoms with E-state index in [1.54, 1.807) is 6.20 Å². The normalized spacial score (nSPS) is 13.4. The lowest BCUT2D eigenvalue weighted by atomic mass is 10.0. The number of fused-ring (bicyclic) bond motifs is 1. The fourth-order valence-electron chi connectivity index (χ4n) is 4.30. The van der Waals surface area contributed by atoms with Crippen molar-refractivity contribution in [1.29, 1.82) is 0 Å². The Kier molecular flexibility index (Phi) is 7.23. The Balaban J connectivity index is 1.33. The number of morpholine rings is 1. The van der Waals surface area contributed by atoms with Crippen LogP contribution >= 0.6 is 0 Å². The molecular formula is C28H28N6O3. The number of pyridine rings is 1. The Morgan fingerprint density at radius 1 is 1.11 bits per heavy atom. The summed E-state index contributed by atoms with van der Waals surface area (Å²) in [5.41, 5.74) is 4.85. The summed E-state index contributed by atoms with van der Waals surface area (Å²) in [6.07, 6.45) is 3.67. The summed E-state index contributed by atoms with van der Waals surface area (Å²) >= 11 is 0. The number of carbonyl (C=O) groups is 2. The Morgan fingerprint density at radius 3 is 2.70 bits per heavy atom. The number of aromatic nitrogens is 3.